The van der Waals surface area contributed by atoms with Gasteiger partial charge in [-0.25, -0.2) is 0 Å². The minimum Gasteiger partial charge on any atom is -0.497 e. The number of benzene rings is 1. The summed E-state index contributed by atoms with van der Waals surface area (Å²) >= 11 is 0. The van der Waals surface area contributed by atoms with Crippen LogP contribution >= 0.6 is 0 Å². The predicted molar refractivity (Wildman–Crippen MR) is 61.6 cm³/mol. The molecule has 0 radical (unpaired) electrons. The first-order valence-corrected chi connectivity index (χ1v) is 5.24. The minimum absolute atomic E-state index is 0.153. The maximum Gasteiger partial charge on any atom is 0.251 e. The second kappa shape index (κ2) is 6.12. The molecular weight excluding hydrogens is 206 g/mol. The summed E-state index contributed by atoms with van der Waals surface area (Å²) in [6.07, 6.45) is 0.154. The lowest BCUT2D eigenvalue weighted by atomic mass is 10.2. The van der Waals surface area contributed by atoms with Gasteiger partial charge in [-0.1, -0.05) is 6.07 Å². The highest BCUT2D eigenvalue weighted by molar-refractivity contribution is 5.94. The Morgan fingerprint density at radius 3 is 2.94 bits per heavy atom. The molecule has 1 unspecified atom stereocenters. The Morgan fingerprint density at radius 1 is 1.56 bits per heavy atom. The smallest absolute Gasteiger partial charge is 0.251 e. The normalized spacial score (nSPS) is 11.9. The number of ether oxygens (including phenoxy) is 1. The topological polar surface area (TPSA) is 58.6 Å². The highest BCUT2D eigenvalue weighted by Crippen LogP contribution is 2.12. The number of hydrogen-bond donors (Lipinski definition) is 2. The van der Waals surface area contributed by atoms with Gasteiger partial charge < -0.3 is 15.2 Å². The van der Waals surface area contributed by atoms with E-state index in [4.69, 9.17) is 9.84 Å². The highest BCUT2D eigenvalue weighted by atomic mass is 16.5. The van der Waals surface area contributed by atoms with Gasteiger partial charge in [0.25, 0.3) is 5.91 Å². The van der Waals surface area contributed by atoms with E-state index in [2.05, 4.69) is 5.32 Å². The summed E-state index contributed by atoms with van der Waals surface area (Å²) in [5, 5.41) is 11.8. The molecule has 0 saturated carbocycles. The van der Waals surface area contributed by atoms with E-state index in [0.717, 1.165) is 0 Å². The maximum absolute atomic E-state index is 11.6. The molecule has 1 aromatic carbocycles. The number of nitrogens with one attached hydrogen (secondary N) is 1. The Morgan fingerprint density at radius 2 is 2.31 bits per heavy atom. The van der Waals surface area contributed by atoms with Crippen molar-refractivity contribution in [2.45, 2.75) is 19.4 Å². The molecule has 16 heavy (non-hydrogen) atoms. The molecule has 0 spiro atoms. The van der Waals surface area contributed by atoms with Gasteiger partial charge in [0.05, 0.1) is 13.2 Å². The van der Waals surface area contributed by atoms with Crippen LogP contribution in [-0.4, -0.2) is 30.8 Å². The lowest BCUT2D eigenvalue weighted by Crippen LogP contribution is -2.26. The molecule has 88 valence electrons. The van der Waals surface area contributed by atoms with Crippen molar-refractivity contribution in [2.24, 2.45) is 0 Å². The molecule has 1 aromatic rings. The Balaban J connectivity index is 2.52. The molecule has 0 bridgehead atoms. The molecule has 0 aliphatic rings. The number of hydrogen-bond acceptors (Lipinski definition) is 3. The van der Waals surface area contributed by atoms with Crippen molar-refractivity contribution in [3.05, 3.63) is 29.8 Å². The van der Waals surface area contributed by atoms with Gasteiger partial charge in [-0.3, -0.25) is 4.79 Å². The van der Waals surface area contributed by atoms with Gasteiger partial charge in [0, 0.05) is 12.1 Å². The lowest BCUT2D eigenvalue weighted by molar-refractivity contribution is 0.0945. The molecule has 0 saturated heterocycles. The van der Waals surface area contributed by atoms with Crippen LogP contribution in [0.25, 0.3) is 0 Å². The van der Waals surface area contributed by atoms with Gasteiger partial charge in [-0.15, -0.1) is 0 Å². The third-order valence-electron chi connectivity index (χ3n) is 2.18. The third kappa shape index (κ3) is 3.90. The average molecular weight is 223 g/mol. The molecule has 4 heteroatoms. The lowest BCUT2D eigenvalue weighted by Gasteiger charge is -2.07. The molecule has 1 rings (SSSR count). The number of rotatable bonds is 5. The van der Waals surface area contributed by atoms with Gasteiger partial charge in [-0.05, 0) is 31.5 Å². The van der Waals surface area contributed by atoms with Crippen molar-refractivity contribution < 1.29 is 14.6 Å². The Labute approximate surface area is 95.2 Å². The van der Waals surface area contributed by atoms with Crippen molar-refractivity contribution in [2.75, 3.05) is 13.7 Å². The summed E-state index contributed by atoms with van der Waals surface area (Å²) in [6.45, 7) is 2.16. The summed E-state index contributed by atoms with van der Waals surface area (Å²) in [4.78, 5) is 11.6. The van der Waals surface area contributed by atoms with E-state index in [1.54, 1.807) is 38.3 Å². The quantitative estimate of drug-likeness (QED) is 0.788. The number of carbonyl (C=O) groups excluding carboxylic acids is 1. The highest BCUT2D eigenvalue weighted by Gasteiger charge is 2.06. The Bertz CT molecular complexity index is 350. The van der Waals surface area contributed by atoms with Gasteiger partial charge in [0.2, 0.25) is 0 Å². The number of amides is 1. The van der Waals surface area contributed by atoms with Crippen LogP contribution in [0.15, 0.2) is 24.3 Å². The monoisotopic (exact) mass is 223 g/mol. The summed E-state index contributed by atoms with van der Waals surface area (Å²) in [7, 11) is 1.56. The number of carbonyl (C=O) groups is 1. The van der Waals surface area contributed by atoms with Gasteiger partial charge in [-0.2, -0.15) is 0 Å². The Kier molecular flexibility index (Phi) is 4.79. The summed E-state index contributed by atoms with van der Waals surface area (Å²) in [5.41, 5.74) is 0.560. The molecule has 0 heterocycles. The van der Waals surface area contributed by atoms with E-state index >= 15 is 0 Å². The minimum atomic E-state index is -0.398. The fraction of sp³-hybridized carbons (Fsp3) is 0.417. The molecule has 0 aromatic heterocycles. The van der Waals surface area contributed by atoms with E-state index in [1.165, 1.54) is 0 Å². The molecule has 1 atom stereocenters. The largest absolute Gasteiger partial charge is 0.497 e. The first-order chi connectivity index (χ1) is 7.63. The van der Waals surface area contributed by atoms with E-state index in [0.29, 0.717) is 24.3 Å². The van der Waals surface area contributed by atoms with Crippen LogP contribution in [0.5, 0.6) is 5.75 Å². The fourth-order valence-electron chi connectivity index (χ4n) is 1.26. The van der Waals surface area contributed by atoms with Crippen LogP contribution in [0.4, 0.5) is 0 Å². The first-order valence-electron chi connectivity index (χ1n) is 5.24. The summed E-state index contributed by atoms with van der Waals surface area (Å²) in [5.74, 6) is 0.503. The summed E-state index contributed by atoms with van der Waals surface area (Å²) in [6, 6.07) is 6.95. The molecule has 0 aliphatic carbocycles. The number of methoxy groups -OCH3 is 1. The SMILES string of the molecule is COc1cccc(C(=O)NCCC(C)O)c1. The molecule has 0 aliphatic heterocycles. The second-order valence-electron chi connectivity index (χ2n) is 3.63. The van der Waals surface area contributed by atoms with Crippen LogP contribution in [0, 0.1) is 0 Å². The zero-order valence-electron chi connectivity index (χ0n) is 9.56. The standard InChI is InChI=1S/C12H17NO3/c1-9(14)6-7-13-12(15)10-4-3-5-11(8-10)16-2/h3-5,8-9,14H,6-7H2,1-2H3,(H,13,15). The van der Waals surface area contributed by atoms with Crippen LogP contribution in [0.3, 0.4) is 0 Å². The van der Waals surface area contributed by atoms with E-state index < -0.39 is 6.10 Å². The van der Waals surface area contributed by atoms with Gasteiger partial charge in [0.15, 0.2) is 0 Å². The molecular formula is C12H17NO3. The van der Waals surface area contributed by atoms with Crippen molar-refractivity contribution in [1.29, 1.82) is 0 Å². The van der Waals surface area contributed by atoms with E-state index in [-0.39, 0.29) is 5.91 Å². The van der Waals surface area contributed by atoms with E-state index in [1.807, 2.05) is 0 Å². The Hall–Kier alpha value is -1.55. The maximum atomic E-state index is 11.6. The van der Waals surface area contributed by atoms with Crippen LogP contribution in [0.2, 0.25) is 0 Å². The van der Waals surface area contributed by atoms with Crippen LogP contribution < -0.4 is 10.1 Å². The third-order valence-corrected chi connectivity index (χ3v) is 2.18. The van der Waals surface area contributed by atoms with Gasteiger partial charge in [0.1, 0.15) is 5.75 Å². The van der Waals surface area contributed by atoms with Crippen molar-refractivity contribution >= 4 is 5.91 Å². The van der Waals surface area contributed by atoms with E-state index in [9.17, 15) is 4.79 Å². The zero-order valence-corrected chi connectivity index (χ0v) is 9.56. The molecule has 0 fully saturated rings. The number of aliphatic hydroxyl groups excluding tert-OH is 1. The van der Waals surface area contributed by atoms with Crippen LogP contribution in [0.1, 0.15) is 23.7 Å². The van der Waals surface area contributed by atoms with Crippen LogP contribution in [-0.2, 0) is 0 Å². The van der Waals surface area contributed by atoms with Crippen molar-refractivity contribution in [3.8, 4) is 5.75 Å². The number of aliphatic hydroxyl groups is 1. The van der Waals surface area contributed by atoms with Gasteiger partial charge >= 0.3 is 0 Å². The first kappa shape index (κ1) is 12.5. The van der Waals surface area contributed by atoms with Crippen molar-refractivity contribution in [3.63, 3.8) is 0 Å². The second-order valence-corrected chi connectivity index (χ2v) is 3.63. The fourth-order valence-corrected chi connectivity index (χ4v) is 1.26. The molecule has 4 nitrogen and oxygen atoms in total. The molecule has 1 amide bonds. The predicted octanol–water partition coefficient (Wildman–Crippen LogP) is 1.20. The van der Waals surface area contributed by atoms with Crippen molar-refractivity contribution in [1.82, 2.24) is 5.32 Å². The average Bonchev–Trinajstić information content (AvgIpc) is 2.28. The summed E-state index contributed by atoms with van der Waals surface area (Å²) < 4.78 is 5.03. The molecule has 2 N–H and O–H groups in total. The zero-order chi connectivity index (χ0) is 12.0.